The summed E-state index contributed by atoms with van der Waals surface area (Å²) < 4.78 is 0. The van der Waals surface area contributed by atoms with E-state index in [1.165, 1.54) is 30.0 Å². The average Bonchev–Trinajstić information content (AvgIpc) is 3.74. The van der Waals surface area contributed by atoms with E-state index in [0.29, 0.717) is 18.4 Å². The van der Waals surface area contributed by atoms with Gasteiger partial charge in [-0.3, -0.25) is 43.3 Å². The molecule has 0 aliphatic carbocycles. The van der Waals surface area contributed by atoms with Gasteiger partial charge in [-0.25, -0.2) is 0 Å². The maximum atomic E-state index is 14.3. The van der Waals surface area contributed by atoms with Gasteiger partial charge in [-0.2, -0.15) is 0 Å². The number of benzene rings is 2. The molecule has 2 aromatic rings. The zero-order valence-corrected chi connectivity index (χ0v) is 35.2. The van der Waals surface area contributed by atoms with Gasteiger partial charge in [-0.15, -0.1) is 0 Å². The van der Waals surface area contributed by atoms with Crippen LogP contribution in [0.1, 0.15) is 64.0 Å². The lowest BCUT2D eigenvalue weighted by molar-refractivity contribution is -0.144. The molecule has 1 fully saturated rings. The molecule has 7 amide bonds. The maximum absolute atomic E-state index is 14.3. The van der Waals surface area contributed by atoms with Crippen LogP contribution < -0.4 is 43.4 Å². The number of nitrogens with two attached hydrogens (primary N) is 2. The van der Waals surface area contributed by atoms with Gasteiger partial charge in [-0.1, -0.05) is 68.8 Å². The van der Waals surface area contributed by atoms with Gasteiger partial charge >= 0.3 is 0 Å². The summed E-state index contributed by atoms with van der Waals surface area (Å²) in [5, 5.41) is 25.7. The number of hydrogen-bond donors (Lipinski definition) is 9. The summed E-state index contributed by atoms with van der Waals surface area (Å²) in [6, 6.07) is 7.95. The molecule has 2 heterocycles. The maximum Gasteiger partial charge on any atom is 0.290 e. The van der Waals surface area contributed by atoms with Crippen LogP contribution in [0.15, 0.2) is 71.7 Å². The second kappa shape index (κ2) is 23.3. The molecule has 2 aliphatic rings. The van der Waals surface area contributed by atoms with Crippen LogP contribution in [0, 0.1) is 5.92 Å². The molecule has 11 N–H and O–H groups in total. The zero-order chi connectivity index (χ0) is 45.3. The van der Waals surface area contributed by atoms with Crippen molar-refractivity contribution in [2.24, 2.45) is 22.4 Å². The third kappa shape index (κ3) is 14.4. The molecule has 4 rings (SSSR count). The van der Waals surface area contributed by atoms with E-state index in [-0.39, 0.29) is 56.9 Å². The van der Waals surface area contributed by atoms with Crippen LogP contribution in [0.3, 0.4) is 0 Å². The Bertz CT molecular complexity index is 1990. The highest BCUT2D eigenvalue weighted by molar-refractivity contribution is 6.38. The molecular formula is C43H58N10O9. The Labute approximate surface area is 360 Å². The number of fused-ring (bicyclic) bond motifs is 1. The van der Waals surface area contributed by atoms with Crippen molar-refractivity contribution in [3.63, 3.8) is 0 Å². The second-order valence-electron chi connectivity index (χ2n) is 15.5. The fraction of sp³-hybridized carbons (Fsp3) is 0.465. The van der Waals surface area contributed by atoms with Crippen molar-refractivity contribution < 1.29 is 43.5 Å². The summed E-state index contributed by atoms with van der Waals surface area (Å²) in [5.74, 6) is -6.81. The van der Waals surface area contributed by atoms with E-state index < -0.39 is 95.8 Å². The normalized spacial score (nSPS) is 23.1. The monoisotopic (exact) mass is 858 g/mol. The lowest BCUT2D eigenvalue weighted by Crippen LogP contribution is -2.60. The van der Waals surface area contributed by atoms with E-state index in [1.807, 2.05) is 0 Å². The molecule has 62 heavy (non-hydrogen) atoms. The van der Waals surface area contributed by atoms with E-state index in [2.05, 4.69) is 36.9 Å². The first-order valence-electron chi connectivity index (χ1n) is 20.7. The van der Waals surface area contributed by atoms with Crippen LogP contribution in [0.4, 0.5) is 0 Å². The molecule has 19 nitrogen and oxygen atoms in total. The van der Waals surface area contributed by atoms with Gasteiger partial charge in [0.25, 0.3) is 5.91 Å². The minimum absolute atomic E-state index is 0.000294. The average molecular weight is 859 g/mol. The number of phenols is 1. The Morgan fingerprint density at radius 1 is 0.935 bits per heavy atom. The summed E-state index contributed by atoms with van der Waals surface area (Å²) in [6.07, 6.45) is 3.78. The molecule has 2 aliphatic heterocycles. The standard InChI is InChI=1S/C43H58N10O9/c1-4-25(2)36-40(60)49-29(22-28-14-17-30(54)18-15-28)16-19-34(55)47-24-32(51-38(58)26(3)48-35(56)23-27-10-6-5-7-11-27)42(62)53-21-9-13-33(53)39(59)50-31(37(57)41(61)52-36)12-8-20-46-43(44)45/h5-7,10-11,14-19,25-26,29,31-33,36,54H,4,8-9,12-13,20-24H2,1-3H3,(H,47,55)(H,48,56)(H,49,60)(H,50,59)(H,51,58)(H,52,61)(H4,44,45,46)/b19-16-/t25-,26+,29-,31+,32+,33+,36+/m1/s1. The highest BCUT2D eigenvalue weighted by atomic mass is 16.3. The Balaban J connectivity index is 1.68. The number of aliphatic imine (C=N–C) groups is 1. The molecule has 2 aromatic carbocycles. The van der Waals surface area contributed by atoms with Gasteiger partial charge in [0, 0.05) is 25.7 Å². The number of nitrogens with one attached hydrogen (secondary N) is 6. The fourth-order valence-electron chi connectivity index (χ4n) is 7.04. The van der Waals surface area contributed by atoms with Crippen LogP contribution in [0.5, 0.6) is 5.75 Å². The van der Waals surface area contributed by atoms with E-state index in [1.54, 1.807) is 56.3 Å². The Hall–Kier alpha value is -6.79. The topological polar surface area (TPSA) is 297 Å². The number of Topliss-reactive ketones (excluding diaryl/α,β-unsaturated/α-hetero) is 1. The van der Waals surface area contributed by atoms with Crippen molar-refractivity contribution in [2.45, 2.75) is 102 Å². The third-order valence-corrected chi connectivity index (χ3v) is 10.7. The Kier molecular flexibility index (Phi) is 18.0. The molecule has 0 radical (unpaired) electrons. The van der Waals surface area contributed by atoms with Crippen molar-refractivity contribution in [2.75, 3.05) is 19.6 Å². The summed E-state index contributed by atoms with van der Waals surface area (Å²) in [4.78, 5) is 115. The summed E-state index contributed by atoms with van der Waals surface area (Å²) in [5.41, 5.74) is 12.3. The van der Waals surface area contributed by atoms with E-state index in [4.69, 9.17) is 11.5 Å². The Morgan fingerprint density at radius 3 is 2.32 bits per heavy atom. The molecule has 0 aromatic heterocycles. The number of phenolic OH excluding ortho intramolecular Hbond substituents is 1. The first-order valence-corrected chi connectivity index (χ1v) is 20.7. The van der Waals surface area contributed by atoms with E-state index in [9.17, 15) is 43.5 Å². The number of carbonyl (C=O) groups is 8. The summed E-state index contributed by atoms with van der Waals surface area (Å²) >= 11 is 0. The second-order valence-corrected chi connectivity index (χ2v) is 15.5. The number of aromatic hydroxyl groups is 1. The summed E-state index contributed by atoms with van der Waals surface area (Å²) in [7, 11) is 0. The molecule has 0 unspecified atom stereocenters. The van der Waals surface area contributed by atoms with Crippen LogP contribution >= 0.6 is 0 Å². The number of carbonyl (C=O) groups excluding carboxylic acids is 8. The number of rotatable bonds is 13. The highest BCUT2D eigenvalue weighted by Gasteiger charge is 2.40. The predicted molar refractivity (Wildman–Crippen MR) is 229 cm³/mol. The van der Waals surface area contributed by atoms with Gasteiger partial charge in [-0.05, 0) is 68.2 Å². The quantitative estimate of drug-likeness (QED) is 0.0508. The molecule has 1 saturated heterocycles. The Morgan fingerprint density at radius 2 is 1.65 bits per heavy atom. The van der Waals surface area contributed by atoms with Gasteiger partial charge in [0.2, 0.25) is 41.2 Å². The fourth-order valence-corrected chi connectivity index (χ4v) is 7.04. The van der Waals surface area contributed by atoms with Crippen LogP contribution in [0.2, 0.25) is 0 Å². The molecule has 0 saturated carbocycles. The first kappa shape index (κ1) is 47.9. The third-order valence-electron chi connectivity index (χ3n) is 10.7. The van der Waals surface area contributed by atoms with Crippen LogP contribution in [-0.2, 0) is 51.2 Å². The lowest BCUT2D eigenvalue weighted by atomic mass is 9.96. The van der Waals surface area contributed by atoms with Gasteiger partial charge < -0.3 is 53.4 Å². The van der Waals surface area contributed by atoms with Crippen molar-refractivity contribution in [1.29, 1.82) is 0 Å². The van der Waals surface area contributed by atoms with Crippen molar-refractivity contribution in [3.05, 3.63) is 77.9 Å². The molecule has 0 bridgehead atoms. The van der Waals surface area contributed by atoms with E-state index in [0.717, 1.165) is 11.6 Å². The minimum atomic E-state index is -1.42. The summed E-state index contributed by atoms with van der Waals surface area (Å²) in [6.45, 7) is 4.69. The van der Waals surface area contributed by atoms with Gasteiger partial charge in [0.15, 0.2) is 5.96 Å². The van der Waals surface area contributed by atoms with Gasteiger partial charge in [0.1, 0.15) is 29.9 Å². The molecule has 7 atom stereocenters. The van der Waals surface area contributed by atoms with Crippen LogP contribution in [0.25, 0.3) is 0 Å². The smallest absolute Gasteiger partial charge is 0.290 e. The number of amides is 7. The van der Waals surface area contributed by atoms with E-state index >= 15 is 0 Å². The number of hydrogen-bond acceptors (Lipinski definition) is 10. The lowest BCUT2D eigenvalue weighted by Gasteiger charge is -2.30. The SMILES string of the molecule is CC[C@@H](C)[C@@H]1NC(=O)C(=O)[C@H](CCCN=C(N)N)NC(=O)[C@@H]2CCCN2C(=O)[C@@H](NC(=O)[C@H](C)NC(=O)Cc2ccccc2)CNC(=O)/C=C\[C@H](Cc2ccc(O)cc2)NC1=O. The molecule has 0 spiro atoms. The highest BCUT2D eigenvalue weighted by Crippen LogP contribution is 2.20. The largest absolute Gasteiger partial charge is 0.508 e. The van der Waals surface area contributed by atoms with Crippen LogP contribution in [-0.4, -0.2) is 119 Å². The zero-order valence-electron chi connectivity index (χ0n) is 35.2. The van der Waals surface area contributed by atoms with Gasteiger partial charge in [0.05, 0.1) is 18.5 Å². The number of nitrogens with zero attached hydrogens (tertiary/aromatic N) is 2. The van der Waals surface area contributed by atoms with Crippen molar-refractivity contribution in [3.8, 4) is 5.75 Å². The van der Waals surface area contributed by atoms with Crippen molar-refractivity contribution >= 4 is 53.1 Å². The predicted octanol–water partition coefficient (Wildman–Crippen LogP) is -1.03. The molecular weight excluding hydrogens is 801 g/mol. The number of guanidine groups is 1. The van der Waals surface area contributed by atoms with Crippen molar-refractivity contribution in [1.82, 2.24) is 36.8 Å². The first-order chi connectivity index (χ1) is 29.6. The molecule has 19 heteroatoms. The minimum Gasteiger partial charge on any atom is -0.508 e. The number of ketones is 1. The molecule has 334 valence electrons.